The Kier molecular flexibility index (Phi) is 4.72. The Bertz CT molecular complexity index is 425. The van der Waals surface area contributed by atoms with Gasteiger partial charge in [0, 0.05) is 19.2 Å². The Balaban J connectivity index is 2.28. The van der Waals surface area contributed by atoms with Gasteiger partial charge in [0.1, 0.15) is 9.84 Å². The number of carboxylic acids is 1. The molecule has 0 aromatic carbocycles. The van der Waals surface area contributed by atoms with E-state index in [0.717, 1.165) is 12.7 Å². The zero-order chi connectivity index (χ0) is 13.8. The molecule has 1 saturated carbocycles. The van der Waals surface area contributed by atoms with Crippen molar-refractivity contribution in [3.63, 3.8) is 0 Å². The molecule has 0 unspecified atom stereocenters. The van der Waals surface area contributed by atoms with E-state index in [1.807, 2.05) is 0 Å². The molecule has 7 heteroatoms. The highest BCUT2D eigenvalue weighted by Crippen LogP contribution is 2.44. The molecule has 0 heterocycles. The Labute approximate surface area is 107 Å². The number of nitrogens with one attached hydrogen (secondary N) is 1. The first-order chi connectivity index (χ1) is 8.25. The Morgan fingerprint density at radius 2 is 1.94 bits per heavy atom. The largest absolute Gasteiger partial charge is 0.481 e. The molecule has 1 aliphatic carbocycles. The first kappa shape index (κ1) is 14.9. The first-order valence-corrected chi connectivity index (χ1v) is 7.99. The van der Waals surface area contributed by atoms with Gasteiger partial charge in [-0.05, 0) is 19.3 Å². The maximum Gasteiger partial charge on any atom is 0.310 e. The molecule has 1 rings (SSSR count). The predicted molar refractivity (Wildman–Crippen MR) is 65.9 cm³/mol. The molecule has 2 N–H and O–H groups in total. The predicted octanol–water partition coefficient (Wildman–Crippen LogP) is 0.182. The Hall–Kier alpha value is -1.11. The Morgan fingerprint density at radius 1 is 1.33 bits per heavy atom. The van der Waals surface area contributed by atoms with Gasteiger partial charge in [0.25, 0.3) is 0 Å². The van der Waals surface area contributed by atoms with Gasteiger partial charge in [-0.1, -0.05) is 6.42 Å². The van der Waals surface area contributed by atoms with Gasteiger partial charge in [-0.2, -0.15) is 0 Å². The average Bonchev–Trinajstić information content (AvgIpc) is 2.16. The van der Waals surface area contributed by atoms with Crippen molar-refractivity contribution in [3.8, 4) is 0 Å². The zero-order valence-corrected chi connectivity index (χ0v) is 11.3. The number of rotatable bonds is 7. The standard InChI is InChI=1S/C11H19NO5S/c1-18(16,17)7-3-6-12-9(13)8-11(10(14)15)4-2-5-11/h2-8H2,1H3,(H,12,13)(H,14,15). The van der Waals surface area contributed by atoms with Gasteiger partial charge in [0.2, 0.25) is 5.91 Å². The molecule has 0 aromatic heterocycles. The lowest BCUT2D eigenvalue weighted by Crippen LogP contribution is -2.42. The minimum atomic E-state index is -3.01. The lowest BCUT2D eigenvalue weighted by molar-refractivity contribution is -0.157. The molecule has 1 aliphatic rings. The van der Waals surface area contributed by atoms with Crippen LogP contribution >= 0.6 is 0 Å². The highest BCUT2D eigenvalue weighted by molar-refractivity contribution is 7.90. The summed E-state index contributed by atoms with van der Waals surface area (Å²) in [4.78, 5) is 22.6. The van der Waals surface area contributed by atoms with Gasteiger partial charge < -0.3 is 10.4 Å². The number of amides is 1. The van der Waals surface area contributed by atoms with E-state index in [-0.39, 0.29) is 24.6 Å². The molecule has 0 spiro atoms. The summed E-state index contributed by atoms with van der Waals surface area (Å²) in [6.07, 6.45) is 3.40. The highest BCUT2D eigenvalue weighted by atomic mass is 32.2. The fraction of sp³-hybridized carbons (Fsp3) is 0.818. The summed E-state index contributed by atoms with van der Waals surface area (Å²) in [7, 11) is -3.01. The van der Waals surface area contributed by atoms with Crippen LogP contribution in [0.15, 0.2) is 0 Å². The van der Waals surface area contributed by atoms with E-state index in [2.05, 4.69) is 5.32 Å². The molecule has 0 bridgehead atoms. The second kappa shape index (κ2) is 5.69. The van der Waals surface area contributed by atoms with Gasteiger partial charge in [-0.25, -0.2) is 8.42 Å². The van der Waals surface area contributed by atoms with Gasteiger partial charge in [-0.3, -0.25) is 9.59 Å². The van der Waals surface area contributed by atoms with E-state index < -0.39 is 21.2 Å². The quantitative estimate of drug-likeness (QED) is 0.647. The van der Waals surface area contributed by atoms with E-state index in [1.165, 1.54) is 0 Å². The van der Waals surface area contributed by atoms with Crippen molar-refractivity contribution in [1.29, 1.82) is 0 Å². The van der Waals surface area contributed by atoms with Gasteiger partial charge in [-0.15, -0.1) is 0 Å². The van der Waals surface area contributed by atoms with Crippen LogP contribution in [0.1, 0.15) is 32.1 Å². The number of hydrogen-bond acceptors (Lipinski definition) is 4. The van der Waals surface area contributed by atoms with E-state index in [1.54, 1.807) is 0 Å². The summed E-state index contributed by atoms with van der Waals surface area (Å²) in [5.74, 6) is -1.21. The molecule has 0 aromatic rings. The molecule has 18 heavy (non-hydrogen) atoms. The summed E-state index contributed by atoms with van der Waals surface area (Å²) < 4.78 is 21.7. The molecule has 0 radical (unpaired) electrons. The third-order valence-electron chi connectivity index (χ3n) is 3.28. The second-order valence-corrected chi connectivity index (χ2v) is 7.21. The molecule has 1 amide bonds. The van der Waals surface area contributed by atoms with Crippen molar-refractivity contribution in [2.75, 3.05) is 18.6 Å². The minimum Gasteiger partial charge on any atom is -0.481 e. The third kappa shape index (κ3) is 4.29. The molecule has 6 nitrogen and oxygen atoms in total. The normalized spacial score (nSPS) is 17.8. The van der Waals surface area contributed by atoms with Gasteiger partial charge in [0.15, 0.2) is 0 Å². The topological polar surface area (TPSA) is 101 Å². The Morgan fingerprint density at radius 3 is 2.33 bits per heavy atom. The summed E-state index contributed by atoms with van der Waals surface area (Å²) >= 11 is 0. The molecular formula is C11H19NO5S. The molecule has 1 fully saturated rings. The minimum absolute atomic E-state index is 0.0127. The van der Waals surface area contributed by atoms with Crippen LogP contribution in [-0.2, 0) is 19.4 Å². The number of sulfone groups is 1. The summed E-state index contributed by atoms with van der Waals surface area (Å²) in [6.45, 7) is 0.265. The summed E-state index contributed by atoms with van der Waals surface area (Å²) in [5, 5.41) is 11.6. The molecule has 0 saturated heterocycles. The van der Waals surface area contributed by atoms with Crippen LogP contribution in [0.4, 0.5) is 0 Å². The monoisotopic (exact) mass is 277 g/mol. The maximum absolute atomic E-state index is 11.6. The number of carboxylic acid groups (broad SMARTS) is 1. The van der Waals surface area contributed by atoms with Crippen LogP contribution in [-0.4, -0.2) is 44.0 Å². The lowest BCUT2D eigenvalue weighted by atomic mass is 9.66. The van der Waals surface area contributed by atoms with Crippen molar-refractivity contribution in [2.45, 2.75) is 32.1 Å². The highest BCUT2D eigenvalue weighted by Gasteiger charge is 2.45. The number of carbonyl (C=O) groups excluding carboxylic acids is 1. The van der Waals surface area contributed by atoms with Crippen LogP contribution < -0.4 is 5.32 Å². The number of hydrogen-bond donors (Lipinski definition) is 2. The van der Waals surface area contributed by atoms with Gasteiger partial charge in [0.05, 0.1) is 11.2 Å². The van der Waals surface area contributed by atoms with Crippen molar-refractivity contribution in [2.24, 2.45) is 5.41 Å². The summed E-state index contributed by atoms with van der Waals surface area (Å²) in [6, 6.07) is 0. The van der Waals surface area contributed by atoms with Crippen LogP contribution in [0.3, 0.4) is 0 Å². The second-order valence-electron chi connectivity index (χ2n) is 4.95. The lowest BCUT2D eigenvalue weighted by Gasteiger charge is -2.36. The first-order valence-electron chi connectivity index (χ1n) is 5.93. The van der Waals surface area contributed by atoms with Crippen molar-refractivity contribution >= 4 is 21.7 Å². The van der Waals surface area contributed by atoms with Crippen molar-refractivity contribution in [3.05, 3.63) is 0 Å². The average molecular weight is 277 g/mol. The fourth-order valence-corrected chi connectivity index (χ4v) is 2.67. The van der Waals surface area contributed by atoms with E-state index in [4.69, 9.17) is 5.11 Å². The molecular weight excluding hydrogens is 258 g/mol. The van der Waals surface area contributed by atoms with E-state index >= 15 is 0 Å². The van der Waals surface area contributed by atoms with E-state index in [0.29, 0.717) is 19.3 Å². The zero-order valence-electron chi connectivity index (χ0n) is 10.4. The maximum atomic E-state index is 11.6. The van der Waals surface area contributed by atoms with E-state index in [9.17, 15) is 18.0 Å². The number of aliphatic carboxylic acids is 1. The van der Waals surface area contributed by atoms with Crippen molar-refractivity contribution in [1.82, 2.24) is 5.32 Å². The molecule has 104 valence electrons. The van der Waals surface area contributed by atoms with Crippen LogP contribution in [0.5, 0.6) is 0 Å². The summed E-state index contributed by atoms with van der Waals surface area (Å²) in [5.41, 5.74) is -0.888. The smallest absolute Gasteiger partial charge is 0.310 e. The van der Waals surface area contributed by atoms with Gasteiger partial charge >= 0.3 is 5.97 Å². The van der Waals surface area contributed by atoms with Crippen LogP contribution in [0.25, 0.3) is 0 Å². The molecule has 0 aliphatic heterocycles. The van der Waals surface area contributed by atoms with Crippen molar-refractivity contribution < 1.29 is 23.1 Å². The number of carbonyl (C=O) groups is 2. The van der Waals surface area contributed by atoms with Crippen LogP contribution in [0.2, 0.25) is 0 Å². The third-order valence-corrected chi connectivity index (χ3v) is 4.31. The molecule has 0 atom stereocenters. The SMILES string of the molecule is CS(=O)(=O)CCCNC(=O)CC1(C(=O)O)CCC1. The fourth-order valence-electron chi connectivity index (χ4n) is 2.00. The van der Waals surface area contributed by atoms with Crippen LogP contribution in [0, 0.1) is 5.41 Å².